The maximum atomic E-state index is 12.6. The van der Waals surface area contributed by atoms with Crippen LogP contribution in [0.5, 0.6) is 0 Å². The van der Waals surface area contributed by atoms with E-state index >= 15 is 0 Å². The fourth-order valence-electron chi connectivity index (χ4n) is 1.19. The second-order valence-corrected chi connectivity index (χ2v) is 4.63. The van der Waals surface area contributed by atoms with Gasteiger partial charge in [0, 0.05) is 6.07 Å². The summed E-state index contributed by atoms with van der Waals surface area (Å²) >= 11 is 0. The predicted octanol–water partition coefficient (Wildman–Crippen LogP) is 0.883. The van der Waals surface area contributed by atoms with Crippen LogP contribution in [-0.2, 0) is 10.0 Å². The first-order chi connectivity index (χ1) is 7.64. The number of nitrogens with zero attached hydrogens (tertiary/aromatic N) is 2. The molecule has 1 rings (SSSR count). The summed E-state index contributed by atoms with van der Waals surface area (Å²) in [5, 5.41) is 14.4. The fraction of sp³-hybridized carbons (Fsp3) is 0.286. The molecule has 0 spiro atoms. The number of nitro groups is 1. The number of halogens is 2. The van der Waals surface area contributed by atoms with Crippen LogP contribution in [0.1, 0.15) is 17.6 Å². The first-order valence-electron chi connectivity index (χ1n) is 4.11. The lowest BCUT2D eigenvalue weighted by molar-refractivity contribution is -0.391. The molecule has 10 heteroatoms. The van der Waals surface area contributed by atoms with E-state index in [2.05, 4.69) is 4.98 Å². The zero-order valence-corrected chi connectivity index (χ0v) is 9.24. The molecule has 1 aromatic rings. The van der Waals surface area contributed by atoms with E-state index in [0.717, 1.165) is 13.0 Å². The number of nitrogens with two attached hydrogens (primary N) is 1. The lowest BCUT2D eigenvalue weighted by atomic mass is 10.1. The molecule has 0 aliphatic carbocycles. The summed E-state index contributed by atoms with van der Waals surface area (Å²) in [4.78, 5) is 12.4. The van der Waals surface area contributed by atoms with Crippen LogP contribution < -0.4 is 5.14 Å². The van der Waals surface area contributed by atoms with Crippen LogP contribution >= 0.6 is 0 Å². The number of hydrogen-bond acceptors (Lipinski definition) is 5. The van der Waals surface area contributed by atoms with Gasteiger partial charge in [0.05, 0.1) is 0 Å². The number of sulfonamides is 1. The maximum Gasteiger partial charge on any atom is 0.374 e. The number of primary sulfonamides is 1. The van der Waals surface area contributed by atoms with Crippen LogP contribution in [0, 0.1) is 17.0 Å². The highest BCUT2D eigenvalue weighted by molar-refractivity contribution is 7.89. The minimum absolute atomic E-state index is 0.259. The van der Waals surface area contributed by atoms with Crippen molar-refractivity contribution in [2.75, 3.05) is 0 Å². The van der Waals surface area contributed by atoms with Crippen molar-refractivity contribution < 1.29 is 22.1 Å². The zero-order chi connectivity index (χ0) is 13.4. The topological polar surface area (TPSA) is 116 Å². The van der Waals surface area contributed by atoms with Gasteiger partial charge in [-0.1, -0.05) is 0 Å². The third-order valence-electron chi connectivity index (χ3n) is 1.90. The molecule has 0 unspecified atom stereocenters. The summed E-state index contributed by atoms with van der Waals surface area (Å²) in [6, 6.07) is 0.768. The van der Waals surface area contributed by atoms with E-state index in [-0.39, 0.29) is 5.56 Å². The van der Waals surface area contributed by atoms with Gasteiger partial charge in [0.25, 0.3) is 21.5 Å². The Morgan fingerprint density at radius 2 is 2.06 bits per heavy atom. The van der Waals surface area contributed by atoms with Gasteiger partial charge < -0.3 is 10.1 Å². The van der Waals surface area contributed by atoms with E-state index in [9.17, 15) is 27.3 Å². The van der Waals surface area contributed by atoms with Gasteiger partial charge >= 0.3 is 5.82 Å². The fourth-order valence-corrected chi connectivity index (χ4v) is 1.75. The molecule has 0 amide bonds. The van der Waals surface area contributed by atoms with Crippen molar-refractivity contribution >= 4 is 15.8 Å². The monoisotopic (exact) mass is 267 g/mol. The van der Waals surface area contributed by atoms with E-state index in [1.165, 1.54) is 0 Å². The van der Waals surface area contributed by atoms with Crippen LogP contribution in [0.3, 0.4) is 0 Å². The Hall–Kier alpha value is -1.68. The molecule has 0 aliphatic rings. The number of pyridine rings is 1. The molecule has 0 aliphatic heterocycles. The summed E-state index contributed by atoms with van der Waals surface area (Å²) < 4.78 is 47.0. The van der Waals surface area contributed by atoms with E-state index in [1.54, 1.807) is 0 Å². The molecule has 0 fully saturated rings. The van der Waals surface area contributed by atoms with E-state index in [1.807, 2.05) is 0 Å². The van der Waals surface area contributed by atoms with Gasteiger partial charge in [-0.05, 0) is 22.4 Å². The highest BCUT2D eigenvalue weighted by Gasteiger charge is 2.30. The Labute approximate surface area is 94.5 Å². The van der Waals surface area contributed by atoms with Crippen LogP contribution in [-0.4, -0.2) is 18.3 Å². The van der Waals surface area contributed by atoms with Crippen LogP contribution in [0.15, 0.2) is 11.1 Å². The van der Waals surface area contributed by atoms with Gasteiger partial charge in [0.15, 0.2) is 0 Å². The van der Waals surface area contributed by atoms with Crippen molar-refractivity contribution in [3.8, 4) is 0 Å². The van der Waals surface area contributed by atoms with Gasteiger partial charge in [0.2, 0.25) is 0 Å². The van der Waals surface area contributed by atoms with E-state index in [4.69, 9.17) is 5.14 Å². The molecule has 0 radical (unpaired) electrons. The SMILES string of the molecule is Cc1cc(S(N)(=O)=O)nc([N+](=O)[O-])c1C(F)F. The van der Waals surface area contributed by atoms with Gasteiger partial charge in [-0.3, -0.25) is 0 Å². The van der Waals surface area contributed by atoms with Crippen molar-refractivity contribution in [2.45, 2.75) is 18.4 Å². The quantitative estimate of drug-likeness (QED) is 0.644. The highest BCUT2D eigenvalue weighted by atomic mass is 32.2. The van der Waals surface area contributed by atoms with Gasteiger partial charge in [0.1, 0.15) is 5.56 Å². The minimum Gasteiger partial charge on any atom is -0.358 e. The molecule has 1 heterocycles. The summed E-state index contributed by atoms with van der Waals surface area (Å²) in [7, 11) is -4.28. The van der Waals surface area contributed by atoms with Crippen molar-refractivity contribution in [3.63, 3.8) is 0 Å². The first kappa shape index (κ1) is 13.4. The molecule has 0 saturated carbocycles. The Kier molecular flexibility index (Phi) is 3.38. The minimum atomic E-state index is -4.28. The highest BCUT2D eigenvalue weighted by Crippen LogP contribution is 2.31. The second-order valence-electron chi connectivity index (χ2n) is 3.12. The maximum absolute atomic E-state index is 12.6. The number of aryl methyl sites for hydroxylation is 1. The molecular formula is C7H7F2N3O4S. The molecule has 0 aromatic carbocycles. The standard InChI is InChI=1S/C7H7F2N3O4S/c1-3-2-4(17(10,15)16)11-7(12(13)14)5(3)6(8)9/h2,6H,1H3,(H2,10,15,16). The molecule has 0 saturated heterocycles. The van der Waals surface area contributed by atoms with Crippen molar-refractivity contribution in [1.29, 1.82) is 0 Å². The van der Waals surface area contributed by atoms with Gasteiger partial charge in [-0.15, -0.1) is 0 Å². The Morgan fingerprint density at radius 3 is 2.41 bits per heavy atom. The molecular weight excluding hydrogens is 260 g/mol. The third kappa shape index (κ3) is 2.71. The third-order valence-corrected chi connectivity index (χ3v) is 2.70. The van der Waals surface area contributed by atoms with Crippen LogP contribution in [0.4, 0.5) is 14.6 Å². The summed E-state index contributed by atoms with van der Waals surface area (Å²) in [6.45, 7) is 1.12. The predicted molar refractivity (Wildman–Crippen MR) is 52.0 cm³/mol. The van der Waals surface area contributed by atoms with Crippen molar-refractivity contribution in [2.24, 2.45) is 5.14 Å². The van der Waals surface area contributed by atoms with E-state index < -0.39 is 37.8 Å². The van der Waals surface area contributed by atoms with Crippen molar-refractivity contribution in [3.05, 3.63) is 27.3 Å². The summed E-state index contributed by atoms with van der Waals surface area (Å²) in [5.41, 5.74) is -1.17. The number of rotatable bonds is 3. The second kappa shape index (κ2) is 4.30. The van der Waals surface area contributed by atoms with Gasteiger partial charge in [-0.2, -0.15) is 0 Å². The van der Waals surface area contributed by atoms with Crippen molar-refractivity contribution in [1.82, 2.24) is 4.98 Å². The summed E-state index contributed by atoms with van der Waals surface area (Å²) in [5.74, 6) is -1.20. The average Bonchev–Trinajstić information content (AvgIpc) is 2.13. The molecule has 7 nitrogen and oxygen atoms in total. The molecule has 94 valence electrons. The largest absolute Gasteiger partial charge is 0.374 e. The zero-order valence-electron chi connectivity index (χ0n) is 8.42. The Balaban J connectivity index is 3.64. The molecule has 1 aromatic heterocycles. The summed E-state index contributed by atoms with van der Waals surface area (Å²) in [6.07, 6.45) is -3.13. The lowest BCUT2D eigenvalue weighted by Gasteiger charge is -2.05. The normalized spacial score (nSPS) is 11.8. The molecule has 0 bridgehead atoms. The Morgan fingerprint density at radius 1 is 1.53 bits per heavy atom. The van der Waals surface area contributed by atoms with Crippen LogP contribution in [0.25, 0.3) is 0 Å². The number of alkyl halides is 2. The number of aromatic nitrogens is 1. The van der Waals surface area contributed by atoms with E-state index in [0.29, 0.717) is 0 Å². The molecule has 2 N–H and O–H groups in total. The average molecular weight is 267 g/mol. The Bertz CT molecular complexity index is 573. The first-order valence-corrected chi connectivity index (χ1v) is 5.66. The molecule has 0 atom stereocenters. The molecule has 17 heavy (non-hydrogen) atoms. The van der Waals surface area contributed by atoms with Gasteiger partial charge in [-0.25, -0.2) is 22.3 Å². The smallest absolute Gasteiger partial charge is 0.358 e. The lowest BCUT2D eigenvalue weighted by Crippen LogP contribution is -2.16. The van der Waals surface area contributed by atoms with Crippen LogP contribution in [0.2, 0.25) is 0 Å². The number of hydrogen-bond donors (Lipinski definition) is 1.